The van der Waals surface area contributed by atoms with Crippen LogP contribution in [0.2, 0.25) is 10.0 Å². The number of nitrogens with zero attached hydrogens (tertiary/aromatic N) is 2. The first-order valence-electron chi connectivity index (χ1n) is 6.22. The third-order valence-electron chi connectivity index (χ3n) is 2.49. The van der Waals surface area contributed by atoms with Crippen LogP contribution >= 0.6 is 23.2 Å². The van der Waals surface area contributed by atoms with Crippen molar-refractivity contribution in [2.45, 2.75) is 26.4 Å². The summed E-state index contributed by atoms with van der Waals surface area (Å²) in [5, 5.41) is 4.27. The summed E-state index contributed by atoms with van der Waals surface area (Å²) in [5.74, 6) is 0.476. The van der Waals surface area contributed by atoms with Gasteiger partial charge in [-0.05, 0) is 18.2 Å². The number of halogens is 2. The van der Waals surface area contributed by atoms with Gasteiger partial charge in [0.25, 0.3) is 0 Å². The third kappa shape index (κ3) is 4.34. The van der Waals surface area contributed by atoms with Gasteiger partial charge in [0.05, 0.1) is 5.02 Å². The summed E-state index contributed by atoms with van der Waals surface area (Å²) in [6, 6.07) is 5.66. The van der Waals surface area contributed by atoms with E-state index in [1.54, 1.807) is 30.6 Å². The topological polar surface area (TPSA) is 47.0 Å². The Kier molecular flexibility index (Phi) is 5.17. The molecule has 0 saturated heterocycles. The molecule has 1 heterocycles. The lowest BCUT2D eigenvalue weighted by Gasteiger charge is -2.08. The lowest BCUT2D eigenvalue weighted by molar-refractivity contribution is 0.440. The maximum Gasteiger partial charge on any atom is 0.321 e. The van der Waals surface area contributed by atoms with E-state index in [4.69, 9.17) is 27.9 Å². The van der Waals surface area contributed by atoms with Crippen LogP contribution < -0.4 is 10.1 Å². The van der Waals surface area contributed by atoms with Crippen molar-refractivity contribution >= 4 is 23.2 Å². The molecule has 20 heavy (non-hydrogen) atoms. The van der Waals surface area contributed by atoms with Gasteiger partial charge in [0.2, 0.25) is 0 Å². The highest BCUT2D eigenvalue weighted by Gasteiger charge is 2.06. The minimum Gasteiger partial charge on any atom is -0.423 e. The van der Waals surface area contributed by atoms with Crippen LogP contribution in [0.5, 0.6) is 11.8 Å². The fourth-order valence-electron chi connectivity index (χ4n) is 1.47. The Morgan fingerprint density at radius 1 is 1.20 bits per heavy atom. The molecule has 0 bridgehead atoms. The molecule has 1 aromatic carbocycles. The van der Waals surface area contributed by atoms with Crippen LogP contribution in [0.25, 0.3) is 0 Å². The van der Waals surface area contributed by atoms with Crippen molar-refractivity contribution in [3.8, 4) is 11.8 Å². The van der Waals surface area contributed by atoms with E-state index < -0.39 is 0 Å². The lowest BCUT2D eigenvalue weighted by Crippen LogP contribution is -2.21. The Balaban J connectivity index is 2.03. The molecule has 0 saturated carbocycles. The van der Waals surface area contributed by atoms with E-state index in [1.807, 2.05) is 0 Å². The third-order valence-corrected chi connectivity index (χ3v) is 3.02. The van der Waals surface area contributed by atoms with Crippen molar-refractivity contribution in [3.05, 3.63) is 46.2 Å². The van der Waals surface area contributed by atoms with Crippen LogP contribution in [-0.4, -0.2) is 16.0 Å². The van der Waals surface area contributed by atoms with Gasteiger partial charge in [0.1, 0.15) is 5.75 Å². The SMILES string of the molecule is CC(C)NCc1cnc(Oc2ccc(Cl)cc2Cl)nc1. The summed E-state index contributed by atoms with van der Waals surface area (Å²) >= 11 is 11.8. The first-order chi connectivity index (χ1) is 9.54. The van der Waals surface area contributed by atoms with Crippen LogP contribution in [-0.2, 0) is 6.54 Å². The van der Waals surface area contributed by atoms with Crippen molar-refractivity contribution in [1.29, 1.82) is 0 Å². The fraction of sp³-hybridized carbons (Fsp3) is 0.286. The summed E-state index contributed by atoms with van der Waals surface area (Å²) in [7, 11) is 0. The van der Waals surface area contributed by atoms with Crippen molar-refractivity contribution in [2.24, 2.45) is 0 Å². The number of rotatable bonds is 5. The van der Waals surface area contributed by atoms with Crippen molar-refractivity contribution in [3.63, 3.8) is 0 Å². The number of aromatic nitrogens is 2. The molecule has 1 aromatic heterocycles. The Labute approximate surface area is 128 Å². The number of hydrogen-bond acceptors (Lipinski definition) is 4. The Hall–Kier alpha value is -1.36. The zero-order valence-corrected chi connectivity index (χ0v) is 12.7. The van der Waals surface area contributed by atoms with Gasteiger partial charge in [0, 0.05) is 35.6 Å². The first kappa shape index (κ1) is 15.0. The molecule has 0 unspecified atom stereocenters. The van der Waals surface area contributed by atoms with E-state index in [0.29, 0.717) is 21.8 Å². The molecule has 0 aliphatic rings. The first-order valence-corrected chi connectivity index (χ1v) is 6.97. The summed E-state index contributed by atoms with van der Waals surface area (Å²) in [6.45, 7) is 4.89. The highest BCUT2D eigenvalue weighted by atomic mass is 35.5. The average Bonchev–Trinajstić information content (AvgIpc) is 2.41. The molecule has 0 radical (unpaired) electrons. The van der Waals surface area contributed by atoms with Gasteiger partial charge < -0.3 is 10.1 Å². The zero-order valence-electron chi connectivity index (χ0n) is 11.2. The van der Waals surface area contributed by atoms with E-state index in [1.165, 1.54) is 0 Å². The smallest absolute Gasteiger partial charge is 0.321 e. The lowest BCUT2D eigenvalue weighted by atomic mass is 10.3. The van der Waals surface area contributed by atoms with Crippen LogP contribution in [0.1, 0.15) is 19.4 Å². The zero-order chi connectivity index (χ0) is 14.5. The van der Waals surface area contributed by atoms with Gasteiger partial charge >= 0.3 is 6.01 Å². The molecule has 0 fully saturated rings. The van der Waals surface area contributed by atoms with E-state index in [9.17, 15) is 0 Å². The summed E-state index contributed by atoms with van der Waals surface area (Å²) in [4.78, 5) is 8.30. The molecule has 2 aromatic rings. The molecule has 6 heteroatoms. The molecule has 0 amide bonds. The summed E-state index contributed by atoms with van der Waals surface area (Å²) in [6.07, 6.45) is 3.45. The van der Waals surface area contributed by atoms with Crippen LogP contribution in [0.15, 0.2) is 30.6 Å². The Bertz CT molecular complexity index is 573. The van der Waals surface area contributed by atoms with E-state index in [2.05, 4.69) is 29.1 Å². The minimum absolute atomic E-state index is 0.252. The fourth-order valence-corrected chi connectivity index (χ4v) is 1.91. The highest BCUT2D eigenvalue weighted by Crippen LogP contribution is 2.29. The Morgan fingerprint density at radius 2 is 1.90 bits per heavy atom. The van der Waals surface area contributed by atoms with Crippen molar-refractivity contribution in [1.82, 2.24) is 15.3 Å². The second kappa shape index (κ2) is 6.88. The van der Waals surface area contributed by atoms with Crippen molar-refractivity contribution in [2.75, 3.05) is 0 Å². The molecule has 106 valence electrons. The van der Waals surface area contributed by atoms with Gasteiger partial charge in [-0.25, -0.2) is 9.97 Å². The van der Waals surface area contributed by atoms with E-state index >= 15 is 0 Å². The largest absolute Gasteiger partial charge is 0.423 e. The molecule has 1 N–H and O–H groups in total. The molecule has 0 spiro atoms. The van der Waals surface area contributed by atoms with Gasteiger partial charge in [-0.15, -0.1) is 0 Å². The van der Waals surface area contributed by atoms with Gasteiger partial charge in [-0.3, -0.25) is 0 Å². The minimum atomic E-state index is 0.252. The maximum atomic E-state index is 6.02. The van der Waals surface area contributed by atoms with Crippen LogP contribution in [0.3, 0.4) is 0 Å². The van der Waals surface area contributed by atoms with Crippen molar-refractivity contribution < 1.29 is 4.74 Å². The predicted molar refractivity (Wildman–Crippen MR) is 80.5 cm³/mol. The maximum absolute atomic E-state index is 6.02. The summed E-state index contributed by atoms with van der Waals surface area (Å²) < 4.78 is 5.51. The second-order valence-corrected chi connectivity index (χ2v) is 5.43. The Morgan fingerprint density at radius 3 is 2.50 bits per heavy atom. The normalized spacial score (nSPS) is 10.8. The number of benzene rings is 1. The molecule has 0 aliphatic heterocycles. The molecule has 4 nitrogen and oxygen atoms in total. The van der Waals surface area contributed by atoms with Gasteiger partial charge in [-0.2, -0.15) is 0 Å². The molecular formula is C14H15Cl2N3O. The number of ether oxygens (including phenoxy) is 1. The number of nitrogens with one attached hydrogen (secondary N) is 1. The van der Waals surface area contributed by atoms with E-state index in [-0.39, 0.29) is 6.01 Å². The van der Waals surface area contributed by atoms with Crippen LogP contribution in [0.4, 0.5) is 0 Å². The van der Waals surface area contributed by atoms with Gasteiger partial charge in [0.15, 0.2) is 0 Å². The number of hydrogen-bond donors (Lipinski definition) is 1. The quantitative estimate of drug-likeness (QED) is 0.904. The van der Waals surface area contributed by atoms with Crippen LogP contribution in [0, 0.1) is 0 Å². The molecular weight excluding hydrogens is 297 g/mol. The van der Waals surface area contributed by atoms with Gasteiger partial charge in [-0.1, -0.05) is 37.0 Å². The molecule has 2 rings (SSSR count). The second-order valence-electron chi connectivity index (χ2n) is 4.59. The van der Waals surface area contributed by atoms with E-state index in [0.717, 1.165) is 12.1 Å². The standard InChI is InChI=1S/C14H15Cl2N3O/c1-9(2)17-6-10-7-18-14(19-8-10)20-13-4-3-11(15)5-12(13)16/h3-5,7-9,17H,6H2,1-2H3. The molecule has 0 atom stereocenters. The predicted octanol–water partition coefficient (Wildman–Crippen LogP) is 4.07. The average molecular weight is 312 g/mol. The molecule has 0 aliphatic carbocycles. The highest BCUT2D eigenvalue weighted by molar-refractivity contribution is 6.35. The monoisotopic (exact) mass is 311 g/mol. The summed E-state index contributed by atoms with van der Waals surface area (Å²) in [5.41, 5.74) is 0.994.